The topological polar surface area (TPSA) is 32.3 Å². The maximum Gasteiger partial charge on any atom is 0.254 e. The maximum absolute atomic E-state index is 12.5. The number of halogens is 1. The summed E-state index contributed by atoms with van der Waals surface area (Å²) in [5.41, 5.74) is 0.722. The first-order valence-electron chi connectivity index (χ1n) is 6.49. The first kappa shape index (κ1) is 13.4. The third kappa shape index (κ3) is 3.03. The van der Waals surface area contributed by atoms with Crippen molar-refractivity contribution >= 4 is 17.5 Å². The Morgan fingerprint density at radius 3 is 2.72 bits per heavy atom. The second kappa shape index (κ2) is 6.21. The highest BCUT2D eigenvalue weighted by atomic mass is 35.5. The summed E-state index contributed by atoms with van der Waals surface area (Å²) in [6.45, 7) is 4.82. The number of amides is 1. The van der Waals surface area contributed by atoms with E-state index in [1.54, 1.807) is 24.3 Å². The number of carbonyl (C=O) groups excluding carboxylic acids is 1. The van der Waals surface area contributed by atoms with E-state index in [-0.39, 0.29) is 5.91 Å². The first-order valence-corrected chi connectivity index (χ1v) is 6.87. The van der Waals surface area contributed by atoms with Crippen LogP contribution in [0.25, 0.3) is 0 Å². The van der Waals surface area contributed by atoms with Crippen LogP contribution < -0.4 is 5.32 Å². The number of hydrogen-bond acceptors (Lipinski definition) is 2. The summed E-state index contributed by atoms with van der Waals surface area (Å²) in [5, 5.41) is 3.97. The van der Waals surface area contributed by atoms with Crippen molar-refractivity contribution in [2.24, 2.45) is 0 Å². The van der Waals surface area contributed by atoms with Gasteiger partial charge >= 0.3 is 0 Å². The Balaban J connectivity index is 2.14. The van der Waals surface area contributed by atoms with Gasteiger partial charge in [0.15, 0.2) is 0 Å². The molecule has 1 aliphatic heterocycles. The molecule has 1 heterocycles. The Labute approximate surface area is 113 Å². The Kier molecular flexibility index (Phi) is 4.61. The molecule has 1 N–H and O–H groups in total. The summed E-state index contributed by atoms with van der Waals surface area (Å²) < 4.78 is 0. The summed E-state index contributed by atoms with van der Waals surface area (Å²) in [7, 11) is 0. The molecule has 0 aromatic heterocycles. The van der Waals surface area contributed by atoms with Crippen LogP contribution in [0.15, 0.2) is 24.3 Å². The number of hydrogen-bond donors (Lipinski definition) is 1. The van der Waals surface area contributed by atoms with Gasteiger partial charge in [-0.05, 0) is 43.7 Å². The van der Waals surface area contributed by atoms with Crippen LogP contribution in [0, 0.1) is 0 Å². The van der Waals surface area contributed by atoms with E-state index in [0.717, 1.165) is 38.0 Å². The van der Waals surface area contributed by atoms with Gasteiger partial charge in [0.25, 0.3) is 5.91 Å². The van der Waals surface area contributed by atoms with E-state index in [0.29, 0.717) is 11.1 Å². The average Bonchev–Trinajstić information content (AvgIpc) is 2.90. The molecule has 1 aliphatic rings. The molecule has 1 aromatic rings. The second-order valence-electron chi connectivity index (χ2n) is 4.65. The lowest BCUT2D eigenvalue weighted by Crippen LogP contribution is -2.42. The summed E-state index contributed by atoms with van der Waals surface area (Å²) in [6, 6.07) is 7.47. The largest absolute Gasteiger partial charge is 0.334 e. The van der Waals surface area contributed by atoms with Gasteiger partial charge in [-0.3, -0.25) is 4.79 Å². The fourth-order valence-corrected chi connectivity index (χ4v) is 2.48. The highest BCUT2D eigenvalue weighted by molar-refractivity contribution is 6.30. The number of rotatable bonds is 4. The molecule has 0 aliphatic carbocycles. The lowest BCUT2D eigenvalue weighted by Gasteiger charge is -2.28. The van der Waals surface area contributed by atoms with Crippen molar-refractivity contribution in [3.05, 3.63) is 34.9 Å². The number of nitrogens with zero attached hydrogens (tertiary/aromatic N) is 1. The molecule has 0 saturated carbocycles. The number of nitrogens with one attached hydrogen (secondary N) is 1. The SMILES string of the molecule is CCCN(C(=O)c1ccc(Cl)cc1)C1CCNC1. The van der Waals surface area contributed by atoms with E-state index >= 15 is 0 Å². The van der Waals surface area contributed by atoms with Crippen LogP contribution in [0.3, 0.4) is 0 Å². The monoisotopic (exact) mass is 266 g/mol. The quantitative estimate of drug-likeness (QED) is 0.908. The fraction of sp³-hybridized carbons (Fsp3) is 0.500. The van der Waals surface area contributed by atoms with Crippen molar-refractivity contribution in [1.82, 2.24) is 10.2 Å². The molecule has 1 aromatic carbocycles. The van der Waals surface area contributed by atoms with Crippen molar-refractivity contribution in [3.8, 4) is 0 Å². The van der Waals surface area contributed by atoms with E-state index in [1.807, 2.05) is 4.90 Å². The second-order valence-corrected chi connectivity index (χ2v) is 5.09. The van der Waals surface area contributed by atoms with E-state index in [4.69, 9.17) is 11.6 Å². The van der Waals surface area contributed by atoms with Gasteiger partial charge in [-0.2, -0.15) is 0 Å². The molecule has 98 valence electrons. The van der Waals surface area contributed by atoms with E-state index in [9.17, 15) is 4.79 Å². The van der Waals surface area contributed by atoms with Crippen molar-refractivity contribution in [3.63, 3.8) is 0 Å². The van der Waals surface area contributed by atoms with Crippen LogP contribution in [0.5, 0.6) is 0 Å². The van der Waals surface area contributed by atoms with Crippen LogP contribution in [0.2, 0.25) is 5.02 Å². The standard InChI is InChI=1S/C14H19ClN2O/c1-2-9-17(13-7-8-16-10-13)14(18)11-3-5-12(15)6-4-11/h3-6,13,16H,2,7-10H2,1H3. The van der Waals surface area contributed by atoms with Crippen molar-refractivity contribution in [1.29, 1.82) is 0 Å². The molecular weight excluding hydrogens is 248 g/mol. The van der Waals surface area contributed by atoms with Gasteiger partial charge in [-0.25, -0.2) is 0 Å². The van der Waals surface area contributed by atoms with Gasteiger partial charge in [0.2, 0.25) is 0 Å². The number of carbonyl (C=O) groups is 1. The normalized spacial score (nSPS) is 18.9. The van der Waals surface area contributed by atoms with Crippen LogP contribution in [0.4, 0.5) is 0 Å². The van der Waals surface area contributed by atoms with Crippen molar-refractivity contribution < 1.29 is 4.79 Å². The van der Waals surface area contributed by atoms with Gasteiger partial charge in [-0.15, -0.1) is 0 Å². The minimum absolute atomic E-state index is 0.113. The molecule has 1 saturated heterocycles. The minimum atomic E-state index is 0.113. The van der Waals surface area contributed by atoms with Crippen molar-refractivity contribution in [2.75, 3.05) is 19.6 Å². The summed E-state index contributed by atoms with van der Waals surface area (Å²) >= 11 is 5.85. The van der Waals surface area contributed by atoms with Crippen molar-refractivity contribution in [2.45, 2.75) is 25.8 Å². The van der Waals surface area contributed by atoms with E-state index < -0.39 is 0 Å². The van der Waals surface area contributed by atoms with Crippen LogP contribution in [-0.4, -0.2) is 36.5 Å². The Hall–Kier alpha value is -1.06. The zero-order chi connectivity index (χ0) is 13.0. The van der Waals surface area contributed by atoms with E-state index in [1.165, 1.54) is 0 Å². The highest BCUT2D eigenvalue weighted by Crippen LogP contribution is 2.16. The lowest BCUT2D eigenvalue weighted by atomic mass is 10.1. The molecule has 1 atom stereocenters. The van der Waals surface area contributed by atoms with Gasteiger partial charge in [0, 0.05) is 29.7 Å². The Bertz CT molecular complexity index is 399. The molecule has 3 nitrogen and oxygen atoms in total. The molecule has 1 amide bonds. The molecule has 2 rings (SSSR count). The maximum atomic E-state index is 12.5. The average molecular weight is 267 g/mol. The van der Waals surface area contributed by atoms with Crippen LogP contribution >= 0.6 is 11.6 Å². The molecule has 0 spiro atoms. The smallest absolute Gasteiger partial charge is 0.254 e. The predicted octanol–water partition coefficient (Wildman–Crippen LogP) is 2.55. The van der Waals surface area contributed by atoms with Crippen LogP contribution in [0.1, 0.15) is 30.1 Å². The first-order chi connectivity index (χ1) is 8.72. The summed E-state index contributed by atoms with van der Waals surface area (Å²) in [5.74, 6) is 0.113. The molecule has 0 radical (unpaired) electrons. The highest BCUT2D eigenvalue weighted by Gasteiger charge is 2.26. The number of benzene rings is 1. The molecule has 0 bridgehead atoms. The minimum Gasteiger partial charge on any atom is -0.334 e. The Morgan fingerprint density at radius 1 is 1.44 bits per heavy atom. The predicted molar refractivity (Wildman–Crippen MR) is 74.1 cm³/mol. The van der Waals surface area contributed by atoms with Gasteiger partial charge in [-0.1, -0.05) is 18.5 Å². The van der Waals surface area contributed by atoms with Gasteiger partial charge in [0.05, 0.1) is 0 Å². The van der Waals surface area contributed by atoms with E-state index in [2.05, 4.69) is 12.2 Å². The molecular formula is C14H19ClN2O. The molecule has 1 fully saturated rings. The lowest BCUT2D eigenvalue weighted by molar-refractivity contribution is 0.0692. The molecule has 1 unspecified atom stereocenters. The third-order valence-electron chi connectivity index (χ3n) is 3.29. The summed E-state index contributed by atoms with van der Waals surface area (Å²) in [4.78, 5) is 14.5. The Morgan fingerprint density at radius 2 is 2.17 bits per heavy atom. The zero-order valence-corrected chi connectivity index (χ0v) is 11.4. The zero-order valence-electron chi connectivity index (χ0n) is 10.7. The van der Waals surface area contributed by atoms with Gasteiger partial charge < -0.3 is 10.2 Å². The molecule has 4 heteroatoms. The summed E-state index contributed by atoms with van der Waals surface area (Å²) in [6.07, 6.45) is 2.02. The molecule has 18 heavy (non-hydrogen) atoms. The fourth-order valence-electron chi connectivity index (χ4n) is 2.35. The van der Waals surface area contributed by atoms with Gasteiger partial charge in [0.1, 0.15) is 0 Å². The third-order valence-corrected chi connectivity index (χ3v) is 3.54. The van der Waals surface area contributed by atoms with Crippen LogP contribution in [-0.2, 0) is 0 Å².